The molecule has 1 fully saturated rings. The summed E-state index contributed by atoms with van der Waals surface area (Å²) in [7, 11) is 0. The number of likely N-dealkylation sites (tertiary alicyclic amines) is 1. The molecule has 0 saturated carbocycles. The van der Waals surface area contributed by atoms with Crippen molar-refractivity contribution in [1.82, 2.24) is 14.5 Å². The van der Waals surface area contributed by atoms with Crippen molar-refractivity contribution in [2.75, 3.05) is 31.1 Å². The standard InChI is InChI=1S/C19H20ClN5O3/c20-14-11-24(12-26)17(21)9-15(14)25-6-7-28-16-8-13(10-22-18(16)25)19(27)23-4-2-1-3-5-23/h8-12,21H,1-7H2. The van der Waals surface area contributed by atoms with Crippen LogP contribution in [0, 0.1) is 5.41 Å². The molecule has 0 unspecified atom stereocenters. The highest BCUT2D eigenvalue weighted by atomic mass is 35.5. The Balaban J connectivity index is 1.67. The first-order chi connectivity index (χ1) is 13.6. The summed E-state index contributed by atoms with van der Waals surface area (Å²) < 4.78 is 6.84. The number of ether oxygens (including phenoxy) is 1. The highest BCUT2D eigenvalue weighted by Crippen LogP contribution is 2.37. The molecule has 0 bridgehead atoms. The van der Waals surface area contributed by atoms with Crippen LogP contribution in [-0.2, 0) is 4.79 Å². The van der Waals surface area contributed by atoms with Gasteiger partial charge in [-0.1, -0.05) is 11.6 Å². The molecule has 9 heteroatoms. The molecule has 0 radical (unpaired) electrons. The molecule has 146 valence electrons. The average Bonchev–Trinajstić information content (AvgIpc) is 2.74. The highest BCUT2D eigenvalue weighted by molar-refractivity contribution is 6.33. The molecule has 1 saturated heterocycles. The van der Waals surface area contributed by atoms with Gasteiger partial charge in [-0.2, -0.15) is 0 Å². The van der Waals surface area contributed by atoms with E-state index in [9.17, 15) is 9.59 Å². The van der Waals surface area contributed by atoms with Gasteiger partial charge in [0, 0.05) is 31.5 Å². The Morgan fingerprint density at radius 1 is 1.21 bits per heavy atom. The molecule has 2 aromatic heterocycles. The SMILES string of the molecule is N=c1cc(N2CCOc3cc(C(=O)N4CCCCC4)cnc32)c(Cl)cn1C=O. The summed E-state index contributed by atoms with van der Waals surface area (Å²) in [5.41, 5.74) is 1.08. The van der Waals surface area contributed by atoms with Gasteiger partial charge in [0.25, 0.3) is 5.91 Å². The van der Waals surface area contributed by atoms with Crippen molar-refractivity contribution in [3.8, 4) is 5.75 Å². The van der Waals surface area contributed by atoms with E-state index in [2.05, 4.69) is 4.98 Å². The third-order valence-electron chi connectivity index (χ3n) is 5.00. The number of halogens is 1. The number of nitrogens with zero attached hydrogens (tertiary/aromatic N) is 4. The van der Waals surface area contributed by atoms with Gasteiger partial charge < -0.3 is 14.5 Å². The lowest BCUT2D eigenvalue weighted by Gasteiger charge is -2.31. The van der Waals surface area contributed by atoms with E-state index in [1.54, 1.807) is 12.3 Å². The molecular formula is C19H20ClN5O3. The lowest BCUT2D eigenvalue weighted by molar-refractivity contribution is 0.0723. The van der Waals surface area contributed by atoms with Gasteiger partial charge in [0.15, 0.2) is 11.6 Å². The third kappa shape index (κ3) is 3.35. The number of aromatic nitrogens is 2. The fourth-order valence-electron chi connectivity index (χ4n) is 3.55. The van der Waals surface area contributed by atoms with Crippen molar-refractivity contribution in [2.24, 2.45) is 0 Å². The van der Waals surface area contributed by atoms with E-state index in [0.29, 0.717) is 47.4 Å². The van der Waals surface area contributed by atoms with Crippen molar-refractivity contribution in [1.29, 1.82) is 5.41 Å². The number of pyridine rings is 2. The van der Waals surface area contributed by atoms with Crippen LogP contribution in [0.15, 0.2) is 24.5 Å². The van der Waals surface area contributed by atoms with E-state index in [1.165, 1.54) is 12.3 Å². The zero-order valence-corrected chi connectivity index (χ0v) is 16.0. The number of fused-ring (bicyclic) bond motifs is 1. The van der Waals surface area contributed by atoms with Gasteiger partial charge in [-0.05, 0) is 25.3 Å². The van der Waals surface area contributed by atoms with Crippen LogP contribution in [0.1, 0.15) is 29.6 Å². The number of carbonyl (C=O) groups excluding carboxylic acids is 2. The Hall–Kier alpha value is -2.87. The molecule has 2 aliphatic rings. The summed E-state index contributed by atoms with van der Waals surface area (Å²) in [4.78, 5) is 31.9. The first-order valence-electron chi connectivity index (χ1n) is 9.19. The molecule has 28 heavy (non-hydrogen) atoms. The zero-order chi connectivity index (χ0) is 19.7. The molecule has 4 rings (SSSR count). The Bertz CT molecular complexity index is 984. The number of hydrogen-bond donors (Lipinski definition) is 1. The summed E-state index contributed by atoms with van der Waals surface area (Å²) in [6.45, 7) is 2.42. The van der Waals surface area contributed by atoms with E-state index in [4.69, 9.17) is 21.7 Å². The summed E-state index contributed by atoms with van der Waals surface area (Å²) in [5, 5.41) is 8.28. The number of rotatable bonds is 3. The molecule has 2 aromatic rings. The van der Waals surface area contributed by atoms with Gasteiger partial charge in [-0.3, -0.25) is 19.6 Å². The molecule has 0 atom stereocenters. The van der Waals surface area contributed by atoms with Crippen molar-refractivity contribution < 1.29 is 14.3 Å². The number of carbonyl (C=O) groups is 2. The van der Waals surface area contributed by atoms with Crippen molar-refractivity contribution in [3.63, 3.8) is 0 Å². The number of hydrogen-bond acceptors (Lipinski definition) is 6. The molecule has 0 spiro atoms. The minimum absolute atomic E-state index is 0.0133. The minimum atomic E-state index is -0.0334. The van der Waals surface area contributed by atoms with Crippen LogP contribution < -0.4 is 15.1 Å². The average molecular weight is 402 g/mol. The maximum Gasteiger partial charge on any atom is 0.255 e. The molecule has 2 aliphatic heterocycles. The Labute approximate surface area is 166 Å². The van der Waals surface area contributed by atoms with Crippen LogP contribution in [0.5, 0.6) is 5.75 Å². The van der Waals surface area contributed by atoms with Gasteiger partial charge in [-0.25, -0.2) is 4.98 Å². The van der Waals surface area contributed by atoms with Gasteiger partial charge in [0.05, 0.1) is 22.8 Å². The monoisotopic (exact) mass is 401 g/mol. The second-order valence-corrected chi connectivity index (χ2v) is 7.21. The third-order valence-corrected chi connectivity index (χ3v) is 5.30. The molecule has 1 amide bonds. The fourth-order valence-corrected chi connectivity index (χ4v) is 3.82. The summed E-state index contributed by atoms with van der Waals surface area (Å²) in [6, 6.07) is 3.23. The Morgan fingerprint density at radius 2 is 2.00 bits per heavy atom. The van der Waals surface area contributed by atoms with Crippen LogP contribution in [0.2, 0.25) is 5.02 Å². The molecule has 1 N–H and O–H groups in total. The fraction of sp³-hybridized carbons (Fsp3) is 0.368. The van der Waals surface area contributed by atoms with Gasteiger partial charge >= 0.3 is 0 Å². The maximum absolute atomic E-state index is 12.7. The van der Waals surface area contributed by atoms with Crippen LogP contribution in [0.4, 0.5) is 11.5 Å². The van der Waals surface area contributed by atoms with Crippen molar-refractivity contribution in [3.05, 3.63) is 40.6 Å². The molecular weight excluding hydrogens is 382 g/mol. The quantitative estimate of drug-likeness (QED) is 0.796. The van der Waals surface area contributed by atoms with Crippen LogP contribution in [-0.4, -0.2) is 53.0 Å². The van der Waals surface area contributed by atoms with Crippen molar-refractivity contribution in [2.45, 2.75) is 19.3 Å². The second kappa shape index (κ2) is 7.63. The predicted octanol–water partition coefficient (Wildman–Crippen LogP) is 2.21. The lowest BCUT2D eigenvalue weighted by Crippen LogP contribution is -2.36. The first-order valence-corrected chi connectivity index (χ1v) is 9.57. The number of anilines is 2. The Kier molecular flexibility index (Phi) is 5.04. The second-order valence-electron chi connectivity index (χ2n) is 6.80. The van der Waals surface area contributed by atoms with Gasteiger partial charge in [0.2, 0.25) is 6.41 Å². The largest absolute Gasteiger partial charge is 0.488 e. The van der Waals surface area contributed by atoms with E-state index < -0.39 is 0 Å². The number of amides is 1. The topological polar surface area (TPSA) is 91.5 Å². The smallest absolute Gasteiger partial charge is 0.255 e. The first kappa shape index (κ1) is 18.5. The lowest BCUT2D eigenvalue weighted by atomic mass is 10.1. The van der Waals surface area contributed by atoms with Gasteiger partial charge in [-0.15, -0.1) is 0 Å². The van der Waals surface area contributed by atoms with Crippen LogP contribution in [0.3, 0.4) is 0 Å². The van der Waals surface area contributed by atoms with E-state index in [-0.39, 0.29) is 11.4 Å². The maximum atomic E-state index is 12.7. The predicted molar refractivity (Wildman–Crippen MR) is 104 cm³/mol. The molecule has 0 aliphatic carbocycles. The zero-order valence-electron chi connectivity index (χ0n) is 15.2. The normalized spacial score (nSPS) is 16.3. The van der Waals surface area contributed by atoms with E-state index in [0.717, 1.165) is 36.9 Å². The van der Waals surface area contributed by atoms with Gasteiger partial charge in [0.1, 0.15) is 12.1 Å². The molecule has 4 heterocycles. The summed E-state index contributed by atoms with van der Waals surface area (Å²) in [5.74, 6) is 1.00. The summed E-state index contributed by atoms with van der Waals surface area (Å²) in [6.07, 6.45) is 6.69. The number of piperidine rings is 1. The van der Waals surface area contributed by atoms with Crippen LogP contribution >= 0.6 is 11.6 Å². The van der Waals surface area contributed by atoms with Crippen LogP contribution in [0.25, 0.3) is 0 Å². The van der Waals surface area contributed by atoms with E-state index in [1.807, 2.05) is 9.80 Å². The Morgan fingerprint density at radius 3 is 2.75 bits per heavy atom. The minimum Gasteiger partial charge on any atom is -0.488 e. The highest BCUT2D eigenvalue weighted by Gasteiger charge is 2.26. The van der Waals surface area contributed by atoms with E-state index >= 15 is 0 Å². The number of nitrogens with one attached hydrogen (secondary N) is 1. The molecule has 8 nitrogen and oxygen atoms in total. The molecule has 0 aromatic carbocycles. The van der Waals surface area contributed by atoms with Crippen molar-refractivity contribution >= 4 is 35.4 Å². The summed E-state index contributed by atoms with van der Waals surface area (Å²) >= 11 is 6.33.